The number of carbonyl (C=O) groups is 1. The molecule has 0 saturated heterocycles. The van der Waals surface area contributed by atoms with E-state index in [4.69, 9.17) is 16.3 Å². The Hall–Kier alpha value is -1.09. The zero-order valence-corrected chi connectivity index (χ0v) is 8.33. The van der Waals surface area contributed by atoms with Gasteiger partial charge in [0, 0.05) is 0 Å². The summed E-state index contributed by atoms with van der Waals surface area (Å²) in [7, 11) is 0. The second-order valence-corrected chi connectivity index (χ2v) is 3.69. The second-order valence-electron chi connectivity index (χ2n) is 3.30. The molecule has 1 saturated carbocycles. The van der Waals surface area contributed by atoms with Gasteiger partial charge in [-0.25, -0.2) is 9.78 Å². The number of rotatable bonds is 2. The summed E-state index contributed by atoms with van der Waals surface area (Å²) in [6, 6.07) is 4.92. The van der Waals surface area contributed by atoms with Gasteiger partial charge >= 0.3 is 5.97 Å². The summed E-state index contributed by atoms with van der Waals surface area (Å²) in [5.41, 5.74) is 0.282. The average molecular weight is 212 g/mol. The number of esters is 1. The Morgan fingerprint density at radius 3 is 2.86 bits per heavy atom. The highest BCUT2D eigenvalue weighted by Crippen LogP contribution is 2.22. The van der Waals surface area contributed by atoms with Crippen LogP contribution in [-0.2, 0) is 4.74 Å². The molecule has 0 bridgehead atoms. The smallest absolute Gasteiger partial charge is 0.357 e. The number of hydrogen-bond acceptors (Lipinski definition) is 3. The third-order valence-corrected chi connectivity index (χ3v) is 2.46. The molecule has 0 atom stereocenters. The maximum absolute atomic E-state index is 11.5. The summed E-state index contributed by atoms with van der Waals surface area (Å²) in [5.74, 6) is -0.378. The van der Waals surface area contributed by atoms with Crippen LogP contribution in [0, 0.1) is 0 Å². The Morgan fingerprint density at radius 1 is 1.50 bits per heavy atom. The fourth-order valence-electron chi connectivity index (χ4n) is 1.22. The van der Waals surface area contributed by atoms with Crippen molar-refractivity contribution in [1.29, 1.82) is 0 Å². The lowest BCUT2D eigenvalue weighted by atomic mass is 9.96. The highest BCUT2D eigenvalue weighted by atomic mass is 35.5. The predicted molar refractivity (Wildman–Crippen MR) is 52.3 cm³/mol. The zero-order chi connectivity index (χ0) is 9.97. The molecule has 0 aromatic carbocycles. The van der Waals surface area contributed by atoms with E-state index in [1.165, 1.54) is 0 Å². The Morgan fingerprint density at radius 2 is 2.29 bits per heavy atom. The van der Waals surface area contributed by atoms with E-state index in [-0.39, 0.29) is 17.8 Å². The van der Waals surface area contributed by atoms with Gasteiger partial charge in [0.15, 0.2) is 0 Å². The summed E-state index contributed by atoms with van der Waals surface area (Å²) < 4.78 is 5.17. The van der Waals surface area contributed by atoms with Crippen LogP contribution >= 0.6 is 11.6 Å². The lowest BCUT2D eigenvalue weighted by Crippen LogP contribution is -2.25. The van der Waals surface area contributed by atoms with Crippen LogP contribution in [0.15, 0.2) is 18.2 Å². The zero-order valence-electron chi connectivity index (χ0n) is 7.57. The monoisotopic (exact) mass is 211 g/mol. The van der Waals surface area contributed by atoms with Gasteiger partial charge < -0.3 is 4.74 Å². The van der Waals surface area contributed by atoms with E-state index in [2.05, 4.69) is 4.98 Å². The van der Waals surface area contributed by atoms with Gasteiger partial charge in [0.05, 0.1) is 0 Å². The van der Waals surface area contributed by atoms with Crippen LogP contribution in [0.25, 0.3) is 0 Å². The minimum Gasteiger partial charge on any atom is -0.458 e. The molecule has 3 nitrogen and oxygen atoms in total. The number of carbonyl (C=O) groups excluding carboxylic acids is 1. The lowest BCUT2D eigenvalue weighted by Gasteiger charge is -2.24. The molecule has 74 valence electrons. The van der Waals surface area contributed by atoms with E-state index in [1.807, 2.05) is 0 Å². The third-order valence-electron chi connectivity index (χ3n) is 2.25. The topological polar surface area (TPSA) is 39.2 Å². The molecule has 1 aliphatic carbocycles. The Bertz CT molecular complexity index is 350. The van der Waals surface area contributed by atoms with Crippen molar-refractivity contribution in [1.82, 2.24) is 4.98 Å². The van der Waals surface area contributed by atoms with E-state index in [9.17, 15) is 4.79 Å². The second kappa shape index (κ2) is 3.96. The molecule has 0 spiro atoms. The quantitative estimate of drug-likeness (QED) is 0.557. The number of hydrogen-bond donors (Lipinski definition) is 0. The van der Waals surface area contributed by atoms with Gasteiger partial charge in [0.25, 0.3) is 0 Å². The molecule has 1 fully saturated rings. The van der Waals surface area contributed by atoms with Crippen molar-refractivity contribution in [3.63, 3.8) is 0 Å². The summed E-state index contributed by atoms with van der Waals surface area (Å²) in [4.78, 5) is 15.3. The minimum atomic E-state index is -0.378. The van der Waals surface area contributed by atoms with E-state index in [1.54, 1.807) is 18.2 Å². The van der Waals surface area contributed by atoms with Crippen LogP contribution in [0.2, 0.25) is 5.15 Å². The average Bonchev–Trinajstić information content (AvgIpc) is 2.11. The number of aromatic nitrogens is 1. The van der Waals surface area contributed by atoms with Gasteiger partial charge in [0.1, 0.15) is 17.0 Å². The van der Waals surface area contributed by atoms with Crippen molar-refractivity contribution in [3.05, 3.63) is 29.0 Å². The summed E-state index contributed by atoms with van der Waals surface area (Å²) in [6.07, 6.45) is 3.16. The Labute approximate surface area is 87.0 Å². The van der Waals surface area contributed by atoms with Gasteiger partial charge in [-0.15, -0.1) is 0 Å². The maximum Gasteiger partial charge on any atom is 0.357 e. The SMILES string of the molecule is O=C(OC1CCC1)c1cccc(Cl)n1. The summed E-state index contributed by atoms with van der Waals surface area (Å²) >= 11 is 5.65. The molecule has 1 aromatic heterocycles. The number of ether oxygens (including phenoxy) is 1. The van der Waals surface area contributed by atoms with Crippen LogP contribution < -0.4 is 0 Å². The van der Waals surface area contributed by atoms with Gasteiger partial charge in [-0.2, -0.15) is 0 Å². The molecule has 2 rings (SSSR count). The van der Waals surface area contributed by atoms with Crippen molar-refractivity contribution in [2.45, 2.75) is 25.4 Å². The number of halogens is 1. The first-order chi connectivity index (χ1) is 6.75. The normalized spacial score (nSPS) is 16.1. The van der Waals surface area contributed by atoms with Gasteiger partial charge in [-0.05, 0) is 31.4 Å². The molecule has 0 unspecified atom stereocenters. The van der Waals surface area contributed by atoms with Crippen LogP contribution in [0.1, 0.15) is 29.8 Å². The van der Waals surface area contributed by atoms with Crippen LogP contribution in [0.4, 0.5) is 0 Å². The standard InChI is InChI=1S/C10H10ClNO2/c11-9-6-2-5-8(12-9)10(13)14-7-3-1-4-7/h2,5-7H,1,3-4H2. The first kappa shape index (κ1) is 9.46. The summed E-state index contributed by atoms with van der Waals surface area (Å²) in [6.45, 7) is 0. The van der Waals surface area contributed by atoms with E-state index in [0.717, 1.165) is 19.3 Å². The molecular weight excluding hydrogens is 202 g/mol. The van der Waals surface area contributed by atoms with E-state index >= 15 is 0 Å². The lowest BCUT2D eigenvalue weighted by molar-refractivity contribution is 0.00837. The molecule has 4 heteroatoms. The van der Waals surface area contributed by atoms with Gasteiger partial charge in [-0.1, -0.05) is 17.7 Å². The minimum absolute atomic E-state index is 0.0864. The molecule has 1 heterocycles. The molecule has 0 aliphatic heterocycles. The third kappa shape index (κ3) is 2.04. The molecule has 0 amide bonds. The van der Waals surface area contributed by atoms with Crippen LogP contribution in [0.5, 0.6) is 0 Å². The van der Waals surface area contributed by atoms with Crippen molar-refractivity contribution >= 4 is 17.6 Å². The Kier molecular flexibility index (Phi) is 2.68. The molecular formula is C10H10ClNO2. The first-order valence-corrected chi connectivity index (χ1v) is 4.97. The van der Waals surface area contributed by atoms with Gasteiger partial charge in [0.2, 0.25) is 0 Å². The largest absolute Gasteiger partial charge is 0.458 e. The highest BCUT2D eigenvalue weighted by molar-refractivity contribution is 6.29. The van der Waals surface area contributed by atoms with Gasteiger partial charge in [-0.3, -0.25) is 0 Å². The number of pyridine rings is 1. The molecule has 1 aromatic rings. The maximum atomic E-state index is 11.5. The summed E-state index contributed by atoms with van der Waals surface area (Å²) in [5, 5.41) is 0.313. The van der Waals surface area contributed by atoms with Crippen molar-refractivity contribution < 1.29 is 9.53 Å². The molecule has 14 heavy (non-hydrogen) atoms. The van der Waals surface area contributed by atoms with Crippen LogP contribution in [0.3, 0.4) is 0 Å². The molecule has 1 aliphatic rings. The van der Waals surface area contributed by atoms with E-state index < -0.39 is 0 Å². The predicted octanol–water partition coefficient (Wildman–Crippen LogP) is 2.44. The Balaban J connectivity index is 2.02. The first-order valence-electron chi connectivity index (χ1n) is 4.59. The van der Waals surface area contributed by atoms with Crippen molar-refractivity contribution in [3.8, 4) is 0 Å². The molecule has 0 N–H and O–H groups in total. The molecule has 0 radical (unpaired) electrons. The fraction of sp³-hybridized carbons (Fsp3) is 0.400. The van der Waals surface area contributed by atoms with Crippen LogP contribution in [-0.4, -0.2) is 17.1 Å². The van der Waals surface area contributed by atoms with E-state index in [0.29, 0.717) is 5.15 Å². The highest BCUT2D eigenvalue weighted by Gasteiger charge is 2.22. The fourth-order valence-corrected chi connectivity index (χ4v) is 1.39. The number of nitrogens with zero attached hydrogens (tertiary/aromatic N) is 1. The van der Waals surface area contributed by atoms with Crippen molar-refractivity contribution in [2.24, 2.45) is 0 Å². The van der Waals surface area contributed by atoms with Crippen molar-refractivity contribution in [2.75, 3.05) is 0 Å².